The topological polar surface area (TPSA) is 106 Å². The maximum absolute atomic E-state index is 12.4. The fourth-order valence-corrected chi connectivity index (χ4v) is 3.40. The Kier molecular flexibility index (Phi) is 4.81. The molecule has 2 N–H and O–H groups in total. The second kappa shape index (κ2) is 7.04. The number of anilines is 1. The van der Waals surface area contributed by atoms with Crippen molar-refractivity contribution >= 4 is 15.7 Å². The summed E-state index contributed by atoms with van der Waals surface area (Å²) in [5, 5.41) is 2.86. The lowest BCUT2D eigenvalue weighted by molar-refractivity contribution is 0.340. The highest BCUT2D eigenvalue weighted by Crippen LogP contribution is 2.19. The highest BCUT2D eigenvalue weighted by Gasteiger charge is 2.15. The Balaban J connectivity index is 1.79. The number of ether oxygens (including phenoxy) is 1. The van der Waals surface area contributed by atoms with Crippen LogP contribution in [0.25, 0.3) is 5.82 Å². The second-order valence-electron chi connectivity index (χ2n) is 5.53. The molecular formula is C17H18N4O4S. The molecule has 0 unspecified atom stereocenters. The van der Waals surface area contributed by atoms with Crippen LogP contribution in [0, 0.1) is 6.92 Å². The van der Waals surface area contributed by atoms with Crippen molar-refractivity contribution in [1.29, 1.82) is 0 Å². The van der Waals surface area contributed by atoms with E-state index in [1.807, 2.05) is 6.92 Å². The fourth-order valence-electron chi connectivity index (χ4n) is 2.36. The lowest BCUT2D eigenvalue weighted by atomic mass is 10.3. The van der Waals surface area contributed by atoms with E-state index in [4.69, 9.17) is 4.74 Å². The lowest BCUT2D eigenvalue weighted by Gasteiger charge is -2.09. The van der Waals surface area contributed by atoms with E-state index >= 15 is 0 Å². The molecule has 0 amide bonds. The smallest absolute Gasteiger partial charge is 0.272 e. The van der Waals surface area contributed by atoms with Crippen LogP contribution in [0.1, 0.15) is 12.6 Å². The summed E-state index contributed by atoms with van der Waals surface area (Å²) >= 11 is 0. The van der Waals surface area contributed by atoms with Crippen LogP contribution in [0.3, 0.4) is 0 Å². The standard InChI is InChI=1S/C17H18N4O4S/c1-3-25-14-5-7-15(8-6-14)26(23,24)20-13-4-9-16(18-11-13)21-17(22)10-12(2)19-21/h4-11,19-20H,3H2,1-2H3. The number of aromatic nitrogens is 3. The first-order valence-corrected chi connectivity index (χ1v) is 9.38. The maximum atomic E-state index is 12.4. The van der Waals surface area contributed by atoms with E-state index in [1.54, 1.807) is 25.1 Å². The summed E-state index contributed by atoms with van der Waals surface area (Å²) in [7, 11) is -3.75. The molecule has 2 aromatic heterocycles. The number of aromatic amines is 1. The Hall–Kier alpha value is -3.07. The SMILES string of the molecule is CCOc1ccc(S(=O)(=O)Nc2ccc(-n3[nH]c(C)cc3=O)nc2)cc1. The molecule has 0 aliphatic carbocycles. The first-order valence-electron chi connectivity index (χ1n) is 7.90. The van der Waals surface area contributed by atoms with E-state index in [-0.39, 0.29) is 10.5 Å². The average Bonchev–Trinajstić information content (AvgIpc) is 2.94. The largest absolute Gasteiger partial charge is 0.494 e. The van der Waals surface area contributed by atoms with Crippen LogP contribution in [-0.4, -0.2) is 29.8 Å². The normalized spacial score (nSPS) is 11.3. The van der Waals surface area contributed by atoms with Crippen molar-refractivity contribution in [3.8, 4) is 11.6 Å². The van der Waals surface area contributed by atoms with Crippen LogP contribution in [-0.2, 0) is 10.0 Å². The molecule has 0 aliphatic rings. The Labute approximate surface area is 150 Å². The molecule has 3 rings (SSSR count). The molecule has 0 atom stereocenters. The lowest BCUT2D eigenvalue weighted by Crippen LogP contribution is -2.16. The van der Waals surface area contributed by atoms with Gasteiger partial charge in [0.25, 0.3) is 15.6 Å². The molecule has 2 heterocycles. The van der Waals surface area contributed by atoms with Crippen molar-refractivity contribution in [1.82, 2.24) is 14.8 Å². The van der Waals surface area contributed by atoms with Crippen LogP contribution in [0.4, 0.5) is 5.69 Å². The number of aryl methyl sites for hydroxylation is 1. The molecule has 0 fully saturated rings. The minimum atomic E-state index is -3.75. The third-order valence-electron chi connectivity index (χ3n) is 3.52. The van der Waals surface area contributed by atoms with E-state index in [9.17, 15) is 13.2 Å². The summed E-state index contributed by atoms with van der Waals surface area (Å²) in [5.41, 5.74) is 0.758. The number of nitrogens with one attached hydrogen (secondary N) is 2. The summed E-state index contributed by atoms with van der Waals surface area (Å²) in [6.07, 6.45) is 1.35. The van der Waals surface area contributed by atoms with Gasteiger partial charge in [-0.15, -0.1) is 0 Å². The number of hydrogen-bond donors (Lipinski definition) is 2. The molecule has 8 nitrogen and oxygen atoms in total. The highest BCUT2D eigenvalue weighted by molar-refractivity contribution is 7.92. The van der Waals surface area contributed by atoms with Crippen LogP contribution < -0.4 is 15.0 Å². The minimum Gasteiger partial charge on any atom is -0.494 e. The molecule has 0 bridgehead atoms. The molecule has 1 aromatic carbocycles. The van der Waals surface area contributed by atoms with Crippen LogP contribution >= 0.6 is 0 Å². The molecule has 0 aliphatic heterocycles. The first-order chi connectivity index (χ1) is 12.4. The molecule has 0 saturated heterocycles. The fraction of sp³-hybridized carbons (Fsp3) is 0.176. The van der Waals surface area contributed by atoms with Gasteiger partial charge in [-0.05, 0) is 50.2 Å². The number of hydrogen-bond acceptors (Lipinski definition) is 5. The summed E-state index contributed by atoms with van der Waals surface area (Å²) in [6.45, 7) is 4.12. The van der Waals surface area contributed by atoms with Crippen molar-refractivity contribution in [3.05, 3.63) is 64.7 Å². The van der Waals surface area contributed by atoms with Gasteiger partial charge in [-0.3, -0.25) is 14.6 Å². The first kappa shape index (κ1) is 17.7. The predicted molar refractivity (Wildman–Crippen MR) is 97.3 cm³/mol. The molecular weight excluding hydrogens is 356 g/mol. The molecule has 26 heavy (non-hydrogen) atoms. The molecule has 0 spiro atoms. The Morgan fingerprint density at radius 2 is 1.92 bits per heavy atom. The summed E-state index contributed by atoms with van der Waals surface area (Å²) in [4.78, 5) is 16.0. The third-order valence-corrected chi connectivity index (χ3v) is 4.92. The van der Waals surface area contributed by atoms with Gasteiger partial charge in [0.15, 0.2) is 5.82 Å². The summed E-state index contributed by atoms with van der Waals surface area (Å²) in [6, 6.07) is 10.7. The van der Waals surface area contributed by atoms with Crippen molar-refractivity contribution < 1.29 is 13.2 Å². The summed E-state index contributed by atoms with van der Waals surface area (Å²) in [5.74, 6) is 0.969. The average molecular weight is 374 g/mol. The monoisotopic (exact) mass is 374 g/mol. The van der Waals surface area contributed by atoms with Gasteiger partial charge in [0.2, 0.25) is 0 Å². The zero-order chi connectivity index (χ0) is 18.7. The van der Waals surface area contributed by atoms with E-state index < -0.39 is 10.0 Å². The van der Waals surface area contributed by atoms with Gasteiger partial charge < -0.3 is 4.74 Å². The van der Waals surface area contributed by atoms with Gasteiger partial charge in [-0.2, -0.15) is 0 Å². The number of rotatable bonds is 6. The Morgan fingerprint density at radius 3 is 2.46 bits per heavy atom. The van der Waals surface area contributed by atoms with E-state index in [2.05, 4.69) is 14.8 Å². The van der Waals surface area contributed by atoms with Gasteiger partial charge >= 0.3 is 0 Å². The van der Waals surface area contributed by atoms with E-state index in [0.29, 0.717) is 29.6 Å². The molecule has 0 radical (unpaired) electrons. The summed E-state index contributed by atoms with van der Waals surface area (Å²) < 4.78 is 33.9. The van der Waals surface area contributed by atoms with Gasteiger partial charge in [0.1, 0.15) is 5.75 Å². The molecule has 0 saturated carbocycles. The van der Waals surface area contributed by atoms with Gasteiger partial charge in [-0.1, -0.05) is 0 Å². The zero-order valence-corrected chi connectivity index (χ0v) is 15.1. The minimum absolute atomic E-state index is 0.112. The van der Waals surface area contributed by atoms with Crippen LogP contribution in [0.5, 0.6) is 5.75 Å². The number of sulfonamides is 1. The number of pyridine rings is 1. The third kappa shape index (κ3) is 3.77. The van der Waals surface area contributed by atoms with Crippen LogP contribution in [0.2, 0.25) is 0 Å². The number of nitrogens with zero attached hydrogens (tertiary/aromatic N) is 2. The van der Waals surface area contributed by atoms with Gasteiger partial charge in [-0.25, -0.2) is 18.1 Å². The predicted octanol–water partition coefficient (Wildman–Crippen LogP) is 2.07. The van der Waals surface area contributed by atoms with Crippen molar-refractivity contribution in [3.63, 3.8) is 0 Å². The second-order valence-corrected chi connectivity index (χ2v) is 7.21. The van der Waals surface area contributed by atoms with Crippen molar-refractivity contribution in [2.75, 3.05) is 11.3 Å². The van der Waals surface area contributed by atoms with Gasteiger partial charge in [0.05, 0.1) is 23.4 Å². The van der Waals surface area contributed by atoms with E-state index in [1.165, 1.54) is 35.1 Å². The molecule has 3 aromatic rings. The van der Waals surface area contributed by atoms with Gasteiger partial charge in [0, 0.05) is 11.8 Å². The zero-order valence-electron chi connectivity index (χ0n) is 14.3. The van der Waals surface area contributed by atoms with E-state index in [0.717, 1.165) is 0 Å². The molecule has 136 valence electrons. The van der Waals surface area contributed by atoms with Crippen LogP contribution in [0.15, 0.2) is 58.4 Å². The quantitative estimate of drug-likeness (QED) is 0.687. The number of benzene rings is 1. The van der Waals surface area contributed by atoms with Crippen molar-refractivity contribution in [2.24, 2.45) is 0 Å². The Morgan fingerprint density at radius 1 is 1.19 bits per heavy atom. The Bertz CT molecular complexity index is 1050. The molecule has 9 heteroatoms. The van der Waals surface area contributed by atoms with Crippen molar-refractivity contribution in [2.45, 2.75) is 18.7 Å². The maximum Gasteiger partial charge on any atom is 0.272 e. The highest BCUT2D eigenvalue weighted by atomic mass is 32.2. The number of H-pyrrole nitrogens is 1.